The van der Waals surface area contributed by atoms with Crippen LogP contribution in [-0.2, 0) is 17.8 Å². The number of ether oxygens (including phenoxy) is 1. The van der Waals surface area contributed by atoms with Crippen molar-refractivity contribution in [2.45, 2.75) is 32.7 Å². The van der Waals surface area contributed by atoms with Crippen LogP contribution in [0.5, 0.6) is 5.75 Å². The summed E-state index contributed by atoms with van der Waals surface area (Å²) in [6.07, 6.45) is 2.75. The highest BCUT2D eigenvalue weighted by Crippen LogP contribution is 2.30. The third-order valence-corrected chi connectivity index (χ3v) is 5.12. The molecule has 28 heavy (non-hydrogen) atoms. The molecule has 0 saturated heterocycles. The normalized spacial score (nSPS) is 15.5. The van der Waals surface area contributed by atoms with Crippen molar-refractivity contribution in [2.75, 3.05) is 23.8 Å². The zero-order valence-corrected chi connectivity index (χ0v) is 16.0. The van der Waals surface area contributed by atoms with Crippen molar-refractivity contribution in [2.24, 2.45) is 5.92 Å². The van der Waals surface area contributed by atoms with Gasteiger partial charge in [0.15, 0.2) is 0 Å². The van der Waals surface area contributed by atoms with Gasteiger partial charge in [-0.2, -0.15) is 0 Å². The minimum absolute atomic E-state index is 0.0567. The smallest absolute Gasteiger partial charge is 0.322 e. The molecule has 0 radical (unpaired) electrons. The topological polar surface area (TPSA) is 70.7 Å². The molecule has 1 fully saturated rings. The van der Waals surface area contributed by atoms with E-state index in [1.165, 1.54) is 5.56 Å². The van der Waals surface area contributed by atoms with Crippen LogP contribution in [0.15, 0.2) is 42.5 Å². The predicted molar refractivity (Wildman–Crippen MR) is 109 cm³/mol. The van der Waals surface area contributed by atoms with Gasteiger partial charge in [0.1, 0.15) is 5.75 Å². The van der Waals surface area contributed by atoms with Gasteiger partial charge < -0.3 is 20.3 Å². The minimum Gasteiger partial charge on any atom is -0.494 e. The highest BCUT2D eigenvalue weighted by atomic mass is 16.5. The summed E-state index contributed by atoms with van der Waals surface area (Å²) in [5.74, 6) is 1.04. The quantitative estimate of drug-likeness (QED) is 0.824. The number of carbonyl (C=O) groups excluding carboxylic acids is 2. The number of hydrogen-bond acceptors (Lipinski definition) is 3. The second kappa shape index (κ2) is 7.92. The van der Waals surface area contributed by atoms with Gasteiger partial charge in [-0.1, -0.05) is 12.1 Å². The van der Waals surface area contributed by atoms with E-state index in [0.717, 1.165) is 30.6 Å². The van der Waals surface area contributed by atoms with Gasteiger partial charge >= 0.3 is 6.03 Å². The van der Waals surface area contributed by atoms with Crippen molar-refractivity contribution in [1.82, 2.24) is 4.90 Å². The average Bonchev–Trinajstić information content (AvgIpc) is 3.53. The fourth-order valence-electron chi connectivity index (χ4n) is 3.43. The van der Waals surface area contributed by atoms with Crippen molar-refractivity contribution in [3.63, 3.8) is 0 Å². The van der Waals surface area contributed by atoms with Gasteiger partial charge in [0.25, 0.3) is 0 Å². The Morgan fingerprint density at radius 1 is 1.07 bits per heavy atom. The number of fused-ring (bicyclic) bond motifs is 1. The highest BCUT2D eigenvalue weighted by Gasteiger charge is 2.29. The monoisotopic (exact) mass is 379 g/mol. The minimum atomic E-state index is -0.141. The van der Waals surface area contributed by atoms with Crippen LogP contribution in [0.25, 0.3) is 0 Å². The van der Waals surface area contributed by atoms with Crippen LogP contribution < -0.4 is 15.4 Å². The lowest BCUT2D eigenvalue weighted by atomic mass is 10.00. The van der Waals surface area contributed by atoms with Gasteiger partial charge in [0.05, 0.1) is 6.61 Å². The van der Waals surface area contributed by atoms with E-state index in [2.05, 4.69) is 16.7 Å². The summed E-state index contributed by atoms with van der Waals surface area (Å²) in [7, 11) is 0. The first kappa shape index (κ1) is 18.3. The molecule has 6 heteroatoms. The second-order valence-electron chi connectivity index (χ2n) is 7.31. The summed E-state index contributed by atoms with van der Waals surface area (Å²) < 4.78 is 5.58. The Kier molecular flexibility index (Phi) is 5.19. The number of hydrogen-bond donors (Lipinski definition) is 2. The van der Waals surface area contributed by atoms with E-state index in [-0.39, 0.29) is 17.9 Å². The number of anilines is 2. The van der Waals surface area contributed by atoms with Crippen molar-refractivity contribution in [1.29, 1.82) is 0 Å². The molecule has 0 atom stereocenters. The summed E-state index contributed by atoms with van der Waals surface area (Å²) >= 11 is 0. The van der Waals surface area contributed by atoms with Crippen molar-refractivity contribution in [3.8, 4) is 5.75 Å². The van der Waals surface area contributed by atoms with Gasteiger partial charge in [-0.3, -0.25) is 4.79 Å². The molecule has 3 amide bonds. The number of amides is 3. The molecule has 1 heterocycles. The number of urea groups is 1. The maximum Gasteiger partial charge on any atom is 0.322 e. The van der Waals surface area contributed by atoms with E-state index in [1.807, 2.05) is 37.3 Å². The highest BCUT2D eigenvalue weighted by molar-refractivity contribution is 5.95. The molecule has 0 unspecified atom stereocenters. The van der Waals surface area contributed by atoms with Crippen LogP contribution in [0.4, 0.5) is 16.2 Å². The van der Waals surface area contributed by atoms with E-state index in [9.17, 15) is 9.59 Å². The Labute approximate surface area is 164 Å². The molecular formula is C22H25N3O3. The summed E-state index contributed by atoms with van der Waals surface area (Å²) in [5, 5.41) is 5.86. The fourth-order valence-corrected chi connectivity index (χ4v) is 3.43. The summed E-state index contributed by atoms with van der Waals surface area (Å²) in [6.45, 7) is 3.81. The second-order valence-corrected chi connectivity index (χ2v) is 7.31. The summed E-state index contributed by atoms with van der Waals surface area (Å²) in [5.41, 5.74) is 3.77. The number of carbonyl (C=O) groups is 2. The SMILES string of the molecule is CCOc1ccc2c(c1)CN(C(=O)Nc1cccc(NC(=O)C3CC3)c1)CC2. The first-order valence-electron chi connectivity index (χ1n) is 9.84. The lowest BCUT2D eigenvalue weighted by Gasteiger charge is -2.29. The third kappa shape index (κ3) is 4.27. The van der Waals surface area contributed by atoms with Crippen LogP contribution in [-0.4, -0.2) is 30.0 Å². The first-order valence-corrected chi connectivity index (χ1v) is 9.84. The standard InChI is InChI=1S/C22H25N3O3/c1-2-28-20-9-8-15-10-11-25(14-17(15)12-20)22(27)24-19-5-3-4-18(13-19)23-21(26)16-6-7-16/h3-5,8-9,12-13,16H,2,6-7,10-11,14H2,1H3,(H,23,26)(H,24,27). The van der Waals surface area contributed by atoms with Gasteiger partial charge in [0, 0.05) is 30.4 Å². The van der Waals surface area contributed by atoms with Crippen molar-refractivity contribution in [3.05, 3.63) is 53.6 Å². The van der Waals surface area contributed by atoms with E-state index < -0.39 is 0 Å². The first-order chi connectivity index (χ1) is 13.6. The van der Waals surface area contributed by atoms with Gasteiger partial charge in [-0.25, -0.2) is 4.79 Å². The Bertz CT molecular complexity index is 892. The number of nitrogens with zero attached hydrogens (tertiary/aromatic N) is 1. The third-order valence-electron chi connectivity index (χ3n) is 5.12. The largest absolute Gasteiger partial charge is 0.494 e. The molecule has 2 aromatic rings. The van der Waals surface area contributed by atoms with Crippen LogP contribution in [0.1, 0.15) is 30.9 Å². The molecule has 4 rings (SSSR count). The van der Waals surface area contributed by atoms with Gasteiger partial charge in [0.2, 0.25) is 5.91 Å². The van der Waals surface area contributed by atoms with Crippen molar-refractivity contribution < 1.29 is 14.3 Å². The van der Waals surface area contributed by atoms with E-state index in [4.69, 9.17) is 4.74 Å². The summed E-state index contributed by atoms with van der Waals surface area (Å²) in [6, 6.07) is 13.2. The lowest BCUT2D eigenvalue weighted by Crippen LogP contribution is -2.38. The van der Waals surface area contributed by atoms with E-state index >= 15 is 0 Å². The Morgan fingerprint density at radius 3 is 2.61 bits per heavy atom. The van der Waals surface area contributed by atoms with Gasteiger partial charge in [-0.05, 0) is 67.6 Å². The van der Waals surface area contributed by atoms with Gasteiger partial charge in [-0.15, -0.1) is 0 Å². The molecule has 2 aromatic carbocycles. The summed E-state index contributed by atoms with van der Waals surface area (Å²) in [4.78, 5) is 26.5. The van der Waals surface area contributed by atoms with Crippen molar-refractivity contribution >= 4 is 23.3 Å². The van der Waals surface area contributed by atoms with Crippen LogP contribution in [0.2, 0.25) is 0 Å². The number of nitrogens with one attached hydrogen (secondary N) is 2. The molecule has 0 aromatic heterocycles. The lowest BCUT2D eigenvalue weighted by molar-refractivity contribution is -0.117. The molecule has 1 aliphatic heterocycles. The number of benzene rings is 2. The molecule has 0 spiro atoms. The molecule has 6 nitrogen and oxygen atoms in total. The maximum absolute atomic E-state index is 12.7. The van der Waals surface area contributed by atoms with Crippen LogP contribution in [0.3, 0.4) is 0 Å². The average molecular weight is 379 g/mol. The Hall–Kier alpha value is -3.02. The van der Waals surface area contributed by atoms with Crippen LogP contribution >= 0.6 is 0 Å². The molecule has 2 N–H and O–H groups in total. The number of rotatable bonds is 5. The molecule has 1 aliphatic carbocycles. The predicted octanol–water partition coefficient (Wildman–Crippen LogP) is 4.02. The van der Waals surface area contributed by atoms with Crippen LogP contribution in [0, 0.1) is 5.92 Å². The Balaban J connectivity index is 1.40. The molecular weight excluding hydrogens is 354 g/mol. The zero-order valence-electron chi connectivity index (χ0n) is 16.0. The van der Waals surface area contributed by atoms with E-state index in [0.29, 0.717) is 31.1 Å². The molecule has 0 bridgehead atoms. The Morgan fingerprint density at radius 2 is 1.86 bits per heavy atom. The fraction of sp³-hybridized carbons (Fsp3) is 0.364. The molecule has 146 valence electrons. The zero-order chi connectivity index (χ0) is 19.5. The van der Waals surface area contributed by atoms with E-state index in [1.54, 1.807) is 11.0 Å². The molecule has 1 saturated carbocycles. The molecule has 2 aliphatic rings. The maximum atomic E-state index is 12.7.